The lowest BCUT2D eigenvalue weighted by Crippen LogP contribution is -2.15. The maximum Gasteiger partial charge on any atom is 0.189 e. The summed E-state index contributed by atoms with van der Waals surface area (Å²) in [5, 5.41) is 9.52. The van der Waals surface area contributed by atoms with Crippen molar-refractivity contribution < 1.29 is 9.90 Å². The Bertz CT molecular complexity index is 754. The van der Waals surface area contributed by atoms with Crippen LogP contribution in [0.3, 0.4) is 0 Å². The molecular formula is C19H18O2. The fourth-order valence-corrected chi connectivity index (χ4v) is 3.03. The lowest BCUT2D eigenvalue weighted by Gasteiger charge is -2.20. The number of benzene rings is 2. The van der Waals surface area contributed by atoms with Crippen molar-refractivity contribution in [3.8, 4) is 5.75 Å². The van der Waals surface area contributed by atoms with Gasteiger partial charge < -0.3 is 5.11 Å². The van der Waals surface area contributed by atoms with Gasteiger partial charge in [-0.05, 0) is 67.7 Å². The highest BCUT2D eigenvalue weighted by atomic mass is 16.3. The number of hydrogen-bond donors (Lipinski definition) is 1. The van der Waals surface area contributed by atoms with Gasteiger partial charge in [0.15, 0.2) is 5.78 Å². The number of hydrogen-bond acceptors (Lipinski definition) is 2. The van der Waals surface area contributed by atoms with Gasteiger partial charge in [0.1, 0.15) is 5.75 Å². The number of allylic oxidation sites excluding steroid dienone is 1. The molecule has 0 atom stereocenters. The van der Waals surface area contributed by atoms with Crippen LogP contribution in [0.1, 0.15) is 39.0 Å². The van der Waals surface area contributed by atoms with E-state index < -0.39 is 0 Å². The summed E-state index contributed by atoms with van der Waals surface area (Å²) in [6, 6.07) is 11.1. The third-order valence-electron chi connectivity index (χ3n) is 4.01. The van der Waals surface area contributed by atoms with Crippen LogP contribution in [0.15, 0.2) is 42.0 Å². The Morgan fingerprint density at radius 2 is 1.90 bits per heavy atom. The Morgan fingerprint density at radius 3 is 2.67 bits per heavy atom. The number of rotatable bonds is 1. The summed E-state index contributed by atoms with van der Waals surface area (Å²) in [4.78, 5) is 12.7. The van der Waals surface area contributed by atoms with Crippen molar-refractivity contribution in [2.75, 3.05) is 0 Å². The number of ketones is 1. The van der Waals surface area contributed by atoms with Gasteiger partial charge >= 0.3 is 0 Å². The highest BCUT2D eigenvalue weighted by Gasteiger charge is 2.23. The van der Waals surface area contributed by atoms with E-state index in [1.54, 1.807) is 18.2 Å². The first-order valence-corrected chi connectivity index (χ1v) is 7.19. The molecule has 1 aliphatic carbocycles. The number of aryl methyl sites for hydroxylation is 2. The molecule has 21 heavy (non-hydrogen) atoms. The first kappa shape index (κ1) is 13.6. The van der Waals surface area contributed by atoms with Gasteiger partial charge in [-0.15, -0.1) is 0 Å². The van der Waals surface area contributed by atoms with Crippen LogP contribution in [0.4, 0.5) is 0 Å². The lowest BCUT2D eigenvalue weighted by molar-refractivity contribution is 0.102. The minimum absolute atomic E-state index is 0.117. The second-order valence-corrected chi connectivity index (χ2v) is 5.70. The van der Waals surface area contributed by atoms with Crippen LogP contribution in [0.25, 0.3) is 6.08 Å². The van der Waals surface area contributed by atoms with E-state index in [4.69, 9.17) is 0 Å². The van der Waals surface area contributed by atoms with E-state index in [0.29, 0.717) is 0 Å². The van der Waals surface area contributed by atoms with Crippen molar-refractivity contribution in [3.05, 3.63) is 69.8 Å². The molecule has 0 amide bonds. The molecule has 0 radical (unpaired) electrons. The van der Waals surface area contributed by atoms with Gasteiger partial charge in [-0.3, -0.25) is 4.79 Å². The zero-order valence-corrected chi connectivity index (χ0v) is 12.3. The molecule has 0 heterocycles. The topological polar surface area (TPSA) is 37.3 Å². The average molecular weight is 278 g/mol. The number of phenols is 1. The molecule has 0 unspecified atom stereocenters. The van der Waals surface area contributed by atoms with E-state index in [0.717, 1.165) is 35.1 Å². The SMILES string of the molecule is Cc1cc(C)c2c(c1)C(=O)/C(=C/c1cccc(O)c1)CC2. The molecule has 2 aromatic rings. The summed E-state index contributed by atoms with van der Waals surface area (Å²) < 4.78 is 0. The van der Waals surface area contributed by atoms with Crippen LogP contribution in [0.5, 0.6) is 5.75 Å². The molecule has 0 spiro atoms. The predicted octanol–water partition coefficient (Wildman–Crippen LogP) is 4.22. The van der Waals surface area contributed by atoms with E-state index >= 15 is 0 Å². The van der Waals surface area contributed by atoms with Crippen LogP contribution in [0, 0.1) is 13.8 Å². The van der Waals surface area contributed by atoms with Gasteiger partial charge in [-0.1, -0.05) is 23.8 Å². The predicted molar refractivity (Wildman–Crippen MR) is 84.7 cm³/mol. The van der Waals surface area contributed by atoms with Gasteiger partial charge in [0.05, 0.1) is 0 Å². The van der Waals surface area contributed by atoms with Gasteiger partial charge in [-0.2, -0.15) is 0 Å². The zero-order chi connectivity index (χ0) is 15.0. The molecule has 2 heteroatoms. The van der Waals surface area contributed by atoms with Crippen LogP contribution in [-0.4, -0.2) is 10.9 Å². The lowest BCUT2D eigenvalue weighted by atomic mass is 9.83. The maximum absolute atomic E-state index is 12.7. The molecule has 0 bridgehead atoms. The Hall–Kier alpha value is -2.35. The van der Waals surface area contributed by atoms with Gasteiger partial charge in [-0.25, -0.2) is 0 Å². The quantitative estimate of drug-likeness (QED) is 0.793. The molecule has 1 N–H and O–H groups in total. The first-order valence-electron chi connectivity index (χ1n) is 7.19. The molecule has 0 fully saturated rings. The minimum atomic E-state index is 0.117. The number of carbonyl (C=O) groups excluding carboxylic acids is 1. The summed E-state index contributed by atoms with van der Waals surface area (Å²) in [6.45, 7) is 4.09. The maximum atomic E-state index is 12.7. The standard InChI is InChI=1S/C19H18O2/c1-12-8-13(2)17-7-6-15(19(21)18(17)9-12)10-14-4-3-5-16(20)11-14/h3-5,8-11,20H,6-7H2,1-2H3/b15-10+. The van der Waals surface area contributed by atoms with E-state index in [-0.39, 0.29) is 11.5 Å². The van der Waals surface area contributed by atoms with Crippen LogP contribution in [-0.2, 0) is 6.42 Å². The minimum Gasteiger partial charge on any atom is -0.508 e. The molecule has 2 aromatic carbocycles. The Labute approximate surface area is 124 Å². The number of carbonyl (C=O) groups is 1. The van der Waals surface area contributed by atoms with Crippen molar-refractivity contribution in [1.29, 1.82) is 0 Å². The van der Waals surface area contributed by atoms with E-state index in [1.165, 1.54) is 11.1 Å². The molecular weight excluding hydrogens is 260 g/mol. The average Bonchev–Trinajstić information content (AvgIpc) is 2.42. The molecule has 1 aliphatic rings. The van der Waals surface area contributed by atoms with Crippen molar-refractivity contribution in [2.24, 2.45) is 0 Å². The number of phenolic OH excluding ortho intramolecular Hbond substituents is 1. The van der Waals surface area contributed by atoms with E-state index in [2.05, 4.69) is 13.0 Å². The monoisotopic (exact) mass is 278 g/mol. The molecule has 3 rings (SSSR count). The molecule has 0 saturated carbocycles. The Kier molecular flexibility index (Phi) is 3.38. The summed E-state index contributed by atoms with van der Waals surface area (Å²) in [5.41, 5.74) is 6.03. The van der Waals surface area contributed by atoms with Gasteiger partial charge in [0, 0.05) is 11.1 Å². The fraction of sp³-hybridized carbons (Fsp3) is 0.211. The summed E-state index contributed by atoms with van der Waals surface area (Å²) in [6.07, 6.45) is 3.55. The van der Waals surface area contributed by atoms with E-state index in [1.807, 2.05) is 25.1 Å². The van der Waals surface area contributed by atoms with Crippen LogP contribution < -0.4 is 0 Å². The second-order valence-electron chi connectivity index (χ2n) is 5.70. The third-order valence-corrected chi connectivity index (χ3v) is 4.01. The Morgan fingerprint density at radius 1 is 1.10 bits per heavy atom. The number of Topliss-reactive ketones (excluding diaryl/α,β-unsaturated/α-hetero) is 1. The zero-order valence-electron chi connectivity index (χ0n) is 12.3. The molecule has 0 aliphatic heterocycles. The number of fused-ring (bicyclic) bond motifs is 1. The smallest absolute Gasteiger partial charge is 0.189 e. The van der Waals surface area contributed by atoms with Gasteiger partial charge in [0.25, 0.3) is 0 Å². The molecule has 2 nitrogen and oxygen atoms in total. The molecule has 106 valence electrons. The van der Waals surface area contributed by atoms with Crippen molar-refractivity contribution >= 4 is 11.9 Å². The largest absolute Gasteiger partial charge is 0.508 e. The van der Waals surface area contributed by atoms with Crippen LogP contribution >= 0.6 is 0 Å². The summed E-state index contributed by atoms with van der Waals surface area (Å²) in [7, 11) is 0. The first-order chi connectivity index (χ1) is 10.0. The summed E-state index contributed by atoms with van der Waals surface area (Å²) >= 11 is 0. The van der Waals surface area contributed by atoms with Crippen LogP contribution in [0.2, 0.25) is 0 Å². The summed E-state index contributed by atoms with van der Waals surface area (Å²) in [5.74, 6) is 0.339. The highest BCUT2D eigenvalue weighted by Crippen LogP contribution is 2.30. The second kappa shape index (κ2) is 5.21. The van der Waals surface area contributed by atoms with Crippen molar-refractivity contribution in [1.82, 2.24) is 0 Å². The van der Waals surface area contributed by atoms with Crippen molar-refractivity contribution in [2.45, 2.75) is 26.7 Å². The normalized spacial score (nSPS) is 16.1. The van der Waals surface area contributed by atoms with E-state index in [9.17, 15) is 9.90 Å². The Balaban J connectivity index is 2.03. The fourth-order valence-electron chi connectivity index (χ4n) is 3.03. The highest BCUT2D eigenvalue weighted by molar-refractivity contribution is 6.13. The third kappa shape index (κ3) is 2.62. The number of aromatic hydroxyl groups is 1. The molecule has 0 aromatic heterocycles. The van der Waals surface area contributed by atoms with Crippen molar-refractivity contribution in [3.63, 3.8) is 0 Å². The van der Waals surface area contributed by atoms with Gasteiger partial charge in [0.2, 0.25) is 0 Å². The molecule has 0 saturated heterocycles.